The van der Waals surface area contributed by atoms with E-state index in [1.54, 1.807) is 42.5 Å². The van der Waals surface area contributed by atoms with Crippen molar-refractivity contribution in [3.63, 3.8) is 0 Å². The van der Waals surface area contributed by atoms with Crippen molar-refractivity contribution in [1.29, 1.82) is 0 Å². The Labute approximate surface area is 159 Å². The molecule has 1 aliphatic rings. The van der Waals surface area contributed by atoms with Gasteiger partial charge in [0.2, 0.25) is 0 Å². The fourth-order valence-electron chi connectivity index (χ4n) is 3.24. The first kappa shape index (κ1) is 17.4. The summed E-state index contributed by atoms with van der Waals surface area (Å²) in [5.41, 5.74) is 2.30. The van der Waals surface area contributed by atoms with Crippen LogP contribution in [0.5, 0.6) is 5.75 Å². The first-order valence-corrected chi connectivity index (χ1v) is 10.0. The third-order valence-electron chi connectivity index (χ3n) is 4.58. The minimum Gasteiger partial charge on any atom is -0.458 e. The van der Waals surface area contributed by atoms with E-state index in [-0.39, 0.29) is 4.90 Å². The summed E-state index contributed by atoms with van der Waals surface area (Å²) >= 11 is 0. The molecule has 3 aromatic carbocycles. The van der Waals surface area contributed by atoms with Gasteiger partial charge in [0.05, 0.1) is 10.6 Å². The second kappa shape index (κ2) is 6.59. The molecule has 0 spiro atoms. The number of hydrogen-bond donors (Lipinski definition) is 0. The number of aryl methyl sites for hydroxylation is 1. The second-order valence-electron chi connectivity index (χ2n) is 6.46. The zero-order valence-corrected chi connectivity index (χ0v) is 15.7. The van der Waals surface area contributed by atoms with Gasteiger partial charge in [-0.05, 0) is 36.8 Å². The topological polar surface area (TPSA) is 46.6 Å². The minimum absolute atomic E-state index is 0.235. The van der Waals surface area contributed by atoms with Crippen LogP contribution in [-0.4, -0.2) is 8.42 Å². The lowest BCUT2D eigenvalue weighted by Crippen LogP contribution is -2.39. The Bertz CT molecular complexity index is 1090. The van der Waals surface area contributed by atoms with E-state index < -0.39 is 16.1 Å². The summed E-state index contributed by atoms with van der Waals surface area (Å²) in [5, 5.41) is 0. The molecular formula is C22H19NO3S. The molecule has 0 aromatic heterocycles. The monoisotopic (exact) mass is 377 g/mol. The summed E-state index contributed by atoms with van der Waals surface area (Å²) in [6.45, 7) is 5.94. The summed E-state index contributed by atoms with van der Waals surface area (Å²) < 4.78 is 34.5. The number of sulfonamides is 1. The van der Waals surface area contributed by atoms with Gasteiger partial charge in [-0.3, -0.25) is 0 Å². The molecule has 1 aliphatic heterocycles. The summed E-state index contributed by atoms with van der Waals surface area (Å²) in [4.78, 5) is 0.235. The summed E-state index contributed by atoms with van der Waals surface area (Å²) in [7, 11) is -3.83. The predicted molar refractivity (Wildman–Crippen MR) is 106 cm³/mol. The van der Waals surface area contributed by atoms with Gasteiger partial charge in [0.15, 0.2) is 5.75 Å². The van der Waals surface area contributed by atoms with Crippen LogP contribution in [-0.2, 0) is 10.0 Å². The molecule has 0 N–H and O–H groups in total. The smallest absolute Gasteiger partial charge is 0.265 e. The Morgan fingerprint density at radius 3 is 2.22 bits per heavy atom. The minimum atomic E-state index is -3.83. The molecule has 5 heteroatoms. The van der Waals surface area contributed by atoms with Crippen LogP contribution in [0.2, 0.25) is 0 Å². The maximum atomic E-state index is 13.6. The van der Waals surface area contributed by atoms with Crippen molar-refractivity contribution in [3.8, 4) is 5.75 Å². The van der Waals surface area contributed by atoms with Gasteiger partial charge < -0.3 is 4.74 Å². The number of benzene rings is 3. The van der Waals surface area contributed by atoms with Crippen molar-refractivity contribution in [1.82, 2.24) is 0 Å². The van der Waals surface area contributed by atoms with Crippen molar-refractivity contribution in [3.05, 3.63) is 102 Å². The van der Waals surface area contributed by atoms with Gasteiger partial charge in [-0.15, -0.1) is 0 Å². The average Bonchev–Trinajstić information content (AvgIpc) is 2.68. The van der Waals surface area contributed by atoms with Crippen LogP contribution in [0.15, 0.2) is 96.1 Å². The van der Waals surface area contributed by atoms with E-state index in [9.17, 15) is 8.42 Å². The number of para-hydroxylation sites is 2. The van der Waals surface area contributed by atoms with E-state index in [2.05, 4.69) is 6.58 Å². The first-order valence-electron chi connectivity index (χ1n) is 8.60. The predicted octanol–water partition coefficient (Wildman–Crippen LogP) is 4.84. The molecule has 0 saturated heterocycles. The molecule has 4 nitrogen and oxygen atoms in total. The molecule has 0 saturated carbocycles. The fourth-order valence-corrected chi connectivity index (χ4v) is 4.87. The van der Waals surface area contributed by atoms with Crippen molar-refractivity contribution in [2.45, 2.75) is 17.9 Å². The van der Waals surface area contributed by atoms with Crippen LogP contribution in [0.3, 0.4) is 0 Å². The van der Waals surface area contributed by atoms with E-state index in [0.717, 1.165) is 11.1 Å². The molecule has 3 aromatic rings. The molecule has 0 fully saturated rings. The van der Waals surface area contributed by atoms with E-state index in [4.69, 9.17) is 4.74 Å². The number of anilines is 1. The molecule has 1 unspecified atom stereocenters. The second-order valence-corrected chi connectivity index (χ2v) is 8.28. The highest BCUT2D eigenvalue weighted by atomic mass is 32.2. The Balaban J connectivity index is 1.94. The number of rotatable bonds is 3. The van der Waals surface area contributed by atoms with Gasteiger partial charge in [-0.1, -0.05) is 66.7 Å². The third-order valence-corrected chi connectivity index (χ3v) is 6.37. The van der Waals surface area contributed by atoms with E-state index in [1.165, 1.54) is 4.31 Å². The molecule has 0 bridgehead atoms. The summed E-state index contributed by atoms with van der Waals surface area (Å²) in [5.74, 6) is 0.848. The molecule has 1 heterocycles. The van der Waals surface area contributed by atoms with Crippen molar-refractivity contribution >= 4 is 15.7 Å². The van der Waals surface area contributed by atoms with Gasteiger partial charge in [-0.25, -0.2) is 12.7 Å². The number of hydrogen-bond acceptors (Lipinski definition) is 3. The molecule has 4 rings (SSSR count). The Hall–Kier alpha value is -3.05. The van der Waals surface area contributed by atoms with Crippen molar-refractivity contribution < 1.29 is 13.2 Å². The Morgan fingerprint density at radius 1 is 0.889 bits per heavy atom. The van der Waals surface area contributed by atoms with Crippen LogP contribution in [0.4, 0.5) is 5.69 Å². The molecule has 136 valence electrons. The molecule has 27 heavy (non-hydrogen) atoms. The lowest BCUT2D eigenvalue weighted by Gasteiger charge is -2.38. The maximum Gasteiger partial charge on any atom is 0.265 e. The first-order chi connectivity index (χ1) is 13.0. The van der Waals surface area contributed by atoms with Crippen molar-refractivity contribution in [2.75, 3.05) is 4.31 Å². The average molecular weight is 377 g/mol. The quantitative estimate of drug-likeness (QED) is 0.656. The molecular weight excluding hydrogens is 358 g/mol. The van der Waals surface area contributed by atoms with Gasteiger partial charge >= 0.3 is 0 Å². The highest BCUT2D eigenvalue weighted by Gasteiger charge is 2.40. The zero-order valence-electron chi connectivity index (χ0n) is 14.9. The number of ether oxygens (including phenoxy) is 1. The number of fused-ring (bicyclic) bond motifs is 1. The van der Waals surface area contributed by atoms with Crippen LogP contribution < -0.4 is 9.04 Å². The maximum absolute atomic E-state index is 13.6. The normalized spacial score (nSPS) is 16.6. The fraction of sp³-hybridized carbons (Fsp3) is 0.0909. The molecule has 0 aliphatic carbocycles. The van der Waals surface area contributed by atoms with E-state index >= 15 is 0 Å². The SMILES string of the molecule is C=C1Oc2ccccc2N(S(=O)(=O)c2ccc(C)cc2)C1c1ccccc1. The van der Waals surface area contributed by atoms with E-state index in [0.29, 0.717) is 17.2 Å². The zero-order chi connectivity index (χ0) is 19.0. The highest BCUT2D eigenvalue weighted by Crippen LogP contribution is 2.46. The molecule has 0 amide bonds. The Kier molecular flexibility index (Phi) is 4.24. The van der Waals surface area contributed by atoms with Crippen molar-refractivity contribution in [2.24, 2.45) is 0 Å². The molecule has 0 radical (unpaired) electrons. The van der Waals surface area contributed by atoms with E-state index in [1.807, 2.05) is 43.3 Å². The largest absolute Gasteiger partial charge is 0.458 e. The Morgan fingerprint density at radius 2 is 1.52 bits per heavy atom. The van der Waals surface area contributed by atoms with Gasteiger partial charge in [-0.2, -0.15) is 0 Å². The summed E-state index contributed by atoms with van der Waals surface area (Å²) in [6.07, 6.45) is 0. The third kappa shape index (κ3) is 3.00. The van der Waals surface area contributed by atoms with Crippen LogP contribution in [0.25, 0.3) is 0 Å². The highest BCUT2D eigenvalue weighted by molar-refractivity contribution is 7.92. The van der Waals surface area contributed by atoms with Gasteiger partial charge in [0.25, 0.3) is 10.0 Å². The van der Waals surface area contributed by atoms with Gasteiger partial charge in [0, 0.05) is 0 Å². The van der Waals surface area contributed by atoms with Crippen LogP contribution in [0.1, 0.15) is 17.2 Å². The lowest BCUT2D eigenvalue weighted by atomic mass is 10.0. The van der Waals surface area contributed by atoms with Gasteiger partial charge in [0.1, 0.15) is 11.8 Å². The van der Waals surface area contributed by atoms with Crippen LogP contribution >= 0.6 is 0 Å². The number of nitrogens with zero attached hydrogens (tertiary/aromatic N) is 1. The van der Waals surface area contributed by atoms with Crippen LogP contribution in [0, 0.1) is 6.92 Å². The lowest BCUT2D eigenvalue weighted by molar-refractivity contribution is 0.370. The molecule has 1 atom stereocenters. The standard InChI is InChI=1S/C22H19NO3S/c1-16-12-14-19(15-13-16)27(24,25)23-20-10-6-7-11-21(20)26-17(2)22(23)18-8-4-3-5-9-18/h3-15,22H,2H2,1H3. The summed E-state index contributed by atoms with van der Waals surface area (Å²) in [6, 6.07) is 22.7.